The zero-order valence-electron chi connectivity index (χ0n) is 16.1. The fourth-order valence-electron chi connectivity index (χ4n) is 3.78. The average molecular weight is 378 g/mol. The molecule has 0 spiro atoms. The van der Waals surface area contributed by atoms with Crippen LogP contribution in [-0.2, 0) is 6.54 Å². The minimum Gasteiger partial charge on any atom is -0.488 e. The van der Waals surface area contributed by atoms with Gasteiger partial charge in [-0.25, -0.2) is 9.78 Å². The molecule has 1 saturated carbocycles. The van der Waals surface area contributed by atoms with Gasteiger partial charge in [0.25, 0.3) is 0 Å². The Labute approximate surface area is 164 Å². The topological polar surface area (TPSA) is 68.2 Å². The number of carbonyl (C=O) groups is 1. The fraction of sp³-hybridized carbons (Fsp3) is 0.364. The molecule has 0 bridgehead atoms. The summed E-state index contributed by atoms with van der Waals surface area (Å²) in [5.74, 6) is 1.68. The lowest BCUT2D eigenvalue weighted by Gasteiger charge is -2.17. The summed E-state index contributed by atoms with van der Waals surface area (Å²) in [6.45, 7) is 3.16. The van der Waals surface area contributed by atoms with Gasteiger partial charge < -0.3 is 19.9 Å². The van der Waals surface area contributed by atoms with E-state index in [1.165, 1.54) is 12.8 Å². The van der Waals surface area contributed by atoms with Gasteiger partial charge in [0, 0.05) is 13.1 Å². The Balaban J connectivity index is 1.34. The van der Waals surface area contributed by atoms with Gasteiger partial charge in [0.15, 0.2) is 0 Å². The van der Waals surface area contributed by atoms with Crippen LogP contribution in [-0.4, -0.2) is 28.2 Å². The zero-order valence-corrected chi connectivity index (χ0v) is 16.1. The highest BCUT2D eigenvalue weighted by Crippen LogP contribution is 2.29. The Morgan fingerprint density at radius 2 is 1.89 bits per heavy atom. The van der Waals surface area contributed by atoms with Crippen molar-refractivity contribution in [3.05, 3.63) is 54.4 Å². The molecule has 1 aliphatic carbocycles. The van der Waals surface area contributed by atoms with Crippen LogP contribution in [0.25, 0.3) is 11.0 Å². The summed E-state index contributed by atoms with van der Waals surface area (Å²) in [5.41, 5.74) is 2.76. The van der Waals surface area contributed by atoms with Crippen LogP contribution in [0.4, 0.5) is 10.5 Å². The van der Waals surface area contributed by atoms with Crippen molar-refractivity contribution in [1.82, 2.24) is 14.9 Å². The largest absolute Gasteiger partial charge is 0.488 e. The van der Waals surface area contributed by atoms with Gasteiger partial charge >= 0.3 is 6.03 Å². The normalized spacial score (nSPS) is 14.3. The number of nitrogens with one attached hydrogen (secondary N) is 2. The van der Waals surface area contributed by atoms with Gasteiger partial charge in [0.2, 0.25) is 0 Å². The van der Waals surface area contributed by atoms with E-state index in [-0.39, 0.29) is 12.1 Å². The molecule has 2 N–H and O–H groups in total. The lowest BCUT2D eigenvalue weighted by atomic mass is 10.2. The Hall–Kier alpha value is -3.02. The molecule has 4 rings (SSSR count). The second kappa shape index (κ2) is 8.33. The number of urea groups is 1. The molecule has 146 valence electrons. The van der Waals surface area contributed by atoms with E-state index in [4.69, 9.17) is 4.74 Å². The number of rotatable bonds is 6. The van der Waals surface area contributed by atoms with Gasteiger partial charge in [-0.3, -0.25) is 0 Å². The molecular formula is C22H26N4O2. The number of hydrogen-bond donors (Lipinski definition) is 2. The highest BCUT2D eigenvalue weighted by Gasteiger charge is 2.18. The third-order valence-corrected chi connectivity index (χ3v) is 5.20. The average Bonchev–Trinajstić information content (AvgIpc) is 3.31. The van der Waals surface area contributed by atoms with Crippen LogP contribution in [0.5, 0.6) is 5.75 Å². The molecule has 1 fully saturated rings. The Bertz CT molecular complexity index is 960. The lowest BCUT2D eigenvalue weighted by Crippen LogP contribution is -2.32. The molecule has 0 radical (unpaired) electrons. The molecule has 2 aromatic carbocycles. The van der Waals surface area contributed by atoms with Crippen molar-refractivity contribution in [3.63, 3.8) is 0 Å². The third-order valence-electron chi connectivity index (χ3n) is 5.20. The predicted molar refractivity (Wildman–Crippen MR) is 111 cm³/mol. The van der Waals surface area contributed by atoms with Gasteiger partial charge in [-0.2, -0.15) is 0 Å². The number of ether oxygens (including phenoxy) is 1. The van der Waals surface area contributed by atoms with Crippen LogP contribution < -0.4 is 15.4 Å². The molecule has 0 saturated heterocycles. The van der Waals surface area contributed by atoms with Crippen molar-refractivity contribution in [2.45, 2.75) is 45.3 Å². The van der Waals surface area contributed by atoms with Crippen molar-refractivity contribution >= 4 is 22.8 Å². The number of aryl methyl sites for hydroxylation is 1. The van der Waals surface area contributed by atoms with E-state index >= 15 is 0 Å². The predicted octanol–water partition coefficient (Wildman–Crippen LogP) is 4.49. The van der Waals surface area contributed by atoms with Gasteiger partial charge in [0.1, 0.15) is 11.6 Å². The van der Waals surface area contributed by atoms with E-state index in [1.807, 2.05) is 55.5 Å². The number of carbonyl (C=O) groups excluding carboxylic acids is 1. The first-order valence-corrected chi connectivity index (χ1v) is 9.93. The van der Waals surface area contributed by atoms with Crippen molar-refractivity contribution in [1.29, 1.82) is 0 Å². The molecule has 3 aromatic rings. The summed E-state index contributed by atoms with van der Waals surface area (Å²) in [4.78, 5) is 16.9. The number of aromatic nitrogens is 2. The highest BCUT2D eigenvalue weighted by atomic mass is 16.5. The highest BCUT2D eigenvalue weighted by molar-refractivity contribution is 5.90. The summed E-state index contributed by atoms with van der Waals surface area (Å²) in [5, 5.41) is 5.84. The summed E-state index contributed by atoms with van der Waals surface area (Å²) in [7, 11) is 0. The van der Waals surface area contributed by atoms with E-state index in [0.29, 0.717) is 18.8 Å². The Morgan fingerprint density at radius 3 is 2.75 bits per heavy atom. The first kappa shape index (κ1) is 18.3. The molecule has 1 aromatic heterocycles. The third kappa shape index (κ3) is 4.11. The maximum Gasteiger partial charge on any atom is 0.319 e. The van der Waals surface area contributed by atoms with E-state index in [2.05, 4.69) is 20.2 Å². The van der Waals surface area contributed by atoms with E-state index in [9.17, 15) is 4.79 Å². The van der Waals surface area contributed by atoms with Crippen molar-refractivity contribution < 1.29 is 9.53 Å². The number of amides is 2. The molecule has 0 atom stereocenters. The summed E-state index contributed by atoms with van der Waals surface area (Å²) in [6, 6.07) is 15.4. The minimum absolute atomic E-state index is 0.232. The second-order valence-corrected chi connectivity index (χ2v) is 7.20. The summed E-state index contributed by atoms with van der Waals surface area (Å²) < 4.78 is 8.20. The van der Waals surface area contributed by atoms with Crippen molar-refractivity contribution in [2.75, 3.05) is 11.9 Å². The SMILES string of the molecule is Cc1nc2ccccc2n1CCNC(=O)Nc1ccccc1OC1CCCC1. The van der Waals surface area contributed by atoms with Crippen LogP contribution in [0.2, 0.25) is 0 Å². The van der Waals surface area contributed by atoms with Gasteiger partial charge in [-0.15, -0.1) is 0 Å². The smallest absolute Gasteiger partial charge is 0.319 e. The molecule has 1 aliphatic rings. The molecule has 6 heteroatoms. The van der Waals surface area contributed by atoms with E-state index < -0.39 is 0 Å². The van der Waals surface area contributed by atoms with Gasteiger partial charge in [-0.1, -0.05) is 24.3 Å². The molecule has 6 nitrogen and oxygen atoms in total. The van der Waals surface area contributed by atoms with Crippen LogP contribution in [0.3, 0.4) is 0 Å². The first-order valence-electron chi connectivity index (χ1n) is 9.93. The minimum atomic E-state index is -0.232. The Morgan fingerprint density at radius 1 is 1.14 bits per heavy atom. The maximum absolute atomic E-state index is 12.4. The number of fused-ring (bicyclic) bond motifs is 1. The second-order valence-electron chi connectivity index (χ2n) is 7.20. The first-order chi connectivity index (χ1) is 13.7. The summed E-state index contributed by atoms with van der Waals surface area (Å²) >= 11 is 0. The molecule has 0 unspecified atom stereocenters. The quantitative estimate of drug-likeness (QED) is 0.664. The molecule has 0 aliphatic heterocycles. The number of anilines is 1. The van der Waals surface area contributed by atoms with Crippen LogP contribution in [0.1, 0.15) is 31.5 Å². The van der Waals surface area contributed by atoms with E-state index in [0.717, 1.165) is 35.4 Å². The Kier molecular flexibility index (Phi) is 5.46. The number of benzene rings is 2. The van der Waals surface area contributed by atoms with Crippen LogP contribution >= 0.6 is 0 Å². The monoisotopic (exact) mass is 378 g/mol. The van der Waals surface area contributed by atoms with Crippen LogP contribution in [0.15, 0.2) is 48.5 Å². The van der Waals surface area contributed by atoms with Gasteiger partial charge in [0.05, 0.1) is 22.8 Å². The molecule has 28 heavy (non-hydrogen) atoms. The van der Waals surface area contributed by atoms with E-state index in [1.54, 1.807) is 0 Å². The van der Waals surface area contributed by atoms with Crippen molar-refractivity contribution in [2.24, 2.45) is 0 Å². The maximum atomic E-state index is 12.4. The standard InChI is InChI=1S/C22H26N4O2/c1-16-24-18-10-4-6-12-20(18)26(16)15-14-23-22(27)25-19-11-5-7-13-21(19)28-17-8-2-3-9-17/h4-7,10-13,17H,2-3,8-9,14-15H2,1H3,(H2,23,25,27). The fourth-order valence-corrected chi connectivity index (χ4v) is 3.78. The number of nitrogens with zero attached hydrogens (tertiary/aromatic N) is 2. The number of para-hydroxylation sites is 4. The molecule has 2 amide bonds. The van der Waals surface area contributed by atoms with Gasteiger partial charge in [-0.05, 0) is 56.9 Å². The van der Waals surface area contributed by atoms with Crippen LogP contribution in [0, 0.1) is 6.92 Å². The number of hydrogen-bond acceptors (Lipinski definition) is 3. The summed E-state index contributed by atoms with van der Waals surface area (Å²) in [6.07, 6.45) is 4.84. The number of imidazole rings is 1. The van der Waals surface area contributed by atoms with Crippen molar-refractivity contribution in [3.8, 4) is 5.75 Å². The lowest BCUT2D eigenvalue weighted by molar-refractivity contribution is 0.211. The molecular weight excluding hydrogens is 352 g/mol. The zero-order chi connectivity index (χ0) is 19.3. The molecule has 1 heterocycles.